The first-order chi connectivity index (χ1) is 20.6. The van der Waals surface area contributed by atoms with Gasteiger partial charge in [-0.3, -0.25) is 9.55 Å². The van der Waals surface area contributed by atoms with Gasteiger partial charge in [0.15, 0.2) is 0 Å². The minimum absolute atomic E-state index is 0.170. The number of hydrogen-bond donors (Lipinski definition) is 0. The lowest BCUT2D eigenvalue weighted by molar-refractivity contribution is 0.482. The molecule has 0 N–H and O–H groups in total. The van der Waals surface area contributed by atoms with E-state index in [0.717, 1.165) is 39.6 Å². The summed E-state index contributed by atoms with van der Waals surface area (Å²) in [4.78, 5) is 12.1. The second-order valence-electron chi connectivity index (χ2n) is 11.1. The van der Waals surface area contributed by atoms with Gasteiger partial charge in [-0.05, 0) is 59.7 Å². The maximum absolute atomic E-state index is 6.40. The van der Waals surface area contributed by atoms with Crippen molar-refractivity contribution in [2.45, 2.75) is 29.1 Å². The van der Waals surface area contributed by atoms with Crippen molar-refractivity contribution in [2.75, 3.05) is 0 Å². The molecule has 1 aliphatic rings. The maximum Gasteiger partial charge on any atom is 0.145 e. The highest BCUT2D eigenvalue weighted by molar-refractivity contribution is 7.99. The van der Waals surface area contributed by atoms with Crippen molar-refractivity contribution < 1.29 is 4.74 Å². The zero-order chi connectivity index (χ0) is 28.3. The number of para-hydroxylation sites is 1. The molecular weight excluding hydrogens is 534 g/mol. The molecule has 0 unspecified atom stereocenters. The molecule has 0 atom stereocenters. The van der Waals surface area contributed by atoms with Gasteiger partial charge in [0.1, 0.15) is 17.1 Å². The van der Waals surface area contributed by atoms with Crippen molar-refractivity contribution in [1.29, 1.82) is 0 Å². The highest BCUT2D eigenvalue weighted by Crippen LogP contribution is 2.52. The van der Waals surface area contributed by atoms with Crippen LogP contribution in [0.3, 0.4) is 0 Å². The van der Waals surface area contributed by atoms with Gasteiger partial charge in [-0.1, -0.05) is 86.3 Å². The van der Waals surface area contributed by atoms with Crippen LogP contribution in [0.4, 0.5) is 0 Å². The second kappa shape index (κ2) is 9.61. The first kappa shape index (κ1) is 24.9. The Bertz CT molecular complexity index is 2130. The van der Waals surface area contributed by atoms with Gasteiger partial charge < -0.3 is 4.74 Å². The molecule has 4 nitrogen and oxygen atoms in total. The second-order valence-corrected chi connectivity index (χ2v) is 12.2. The summed E-state index contributed by atoms with van der Waals surface area (Å²) in [5.74, 6) is 1.53. The van der Waals surface area contributed by atoms with Gasteiger partial charge in [-0.2, -0.15) is 0 Å². The summed E-state index contributed by atoms with van der Waals surface area (Å²) >= 11 is 1.82. The topological polar surface area (TPSA) is 39.9 Å². The van der Waals surface area contributed by atoms with Crippen molar-refractivity contribution in [3.63, 3.8) is 0 Å². The van der Waals surface area contributed by atoms with Gasteiger partial charge in [-0.15, -0.1) is 0 Å². The monoisotopic (exact) mass is 561 g/mol. The molecule has 0 saturated carbocycles. The Labute approximate surface area is 248 Å². The zero-order valence-corrected chi connectivity index (χ0v) is 24.1. The van der Waals surface area contributed by atoms with Gasteiger partial charge in [0.05, 0.1) is 16.9 Å². The van der Waals surface area contributed by atoms with Gasteiger partial charge in [0, 0.05) is 50.0 Å². The van der Waals surface area contributed by atoms with Crippen LogP contribution in [0.5, 0.6) is 11.5 Å². The van der Waals surface area contributed by atoms with Crippen LogP contribution in [0.25, 0.3) is 38.9 Å². The molecule has 4 heterocycles. The van der Waals surface area contributed by atoms with Crippen LogP contribution in [0.15, 0.2) is 137 Å². The highest BCUT2D eigenvalue weighted by atomic mass is 32.2. The van der Waals surface area contributed by atoms with E-state index in [2.05, 4.69) is 90.3 Å². The lowest BCUT2D eigenvalue weighted by Crippen LogP contribution is -2.24. The average Bonchev–Trinajstić information content (AvgIpc) is 3.36. The van der Waals surface area contributed by atoms with Crippen LogP contribution < -0.4 is 4.74 Å². The number of fused-ring (bicyclic) bond motifs is 6. The van der Waals surface area contributed by atoms with E-state index in [-0.39, 0.29) is 5.41 Å². The van der Waals surface area contributed by atoms with Crippen LogP contribution in [-0.4, -0.2) is 14.5 Å². The van der Waals surface area contributed by atoms with Crippen LogP contribution in [0.1, 0.15) is 25.0 Å². The fourth-order valence-electron chi connectivity index (χ4n) is 6.26. The van der Waals surface area contributed by atoms with E-state index in [1.165, 1.54) is 31.7 Å². The molecular formula is C37H27N3OS. The summed E-state index contributed by atoms with van der Waals surface area (Å²) in [5, 5.41) is 2.42. The quantitative estimate of drug-likeness (QED) is 0.214. The van der Waals surface area contributed by atoms with E-state index >= 15 is 0 Å². The smallest absolute Gasteiger partial charge is 0.145 e. The Morgan fingerprint density at radius 1 is 0.714 bits per heavy atom. The Morgan fingerprint density at radius 3 is 2.38 bits per heavy atom. The van der Waals surface area contributed by atoms with Crippen molar-refractivity contribution in [3.05, 3.63) is 139 Å². The number of hydrogen-bond acceptors (Lipinski definition) is 4. The highest BCUT2D eigenvalue weighted by Gasteiger charge is 2.36. The van der Waals surface area contributed by atoms with Gasteiger partial charge in [0.2, 0.25) is 0 Å². The molecule has 1 aliphatic heterocycles. The van der Waals surface area contributed by atoms with E-state index in [4.69, 9.17) is 9.72 Å². The van der Waals surface area contributed by atoms with Crippen molar-refractivity contribution in [2.24, 2.45) is 0 Å². The van der Waals surface area contributed by atoms with Crippen LogP contribution in [0.2, 0.25) is 0 Å². The Kier molecular flexibility index (Phi) is 5.69. The molecule has 0 amide bonds. The van der Waals surface area contributed by atoms with Crippen molar-refractivity contribution >= 4 is 33.7 Å². The SMILES string of the molecule is CC1(C)c2ccccc2Sc2cnc3c(c21)c1ccccc1n3-c1cccc(Oc2cccc(-c3ccccn3)c2)c1. The summed E-state index contributed by atoms with van der Waals surface area (Å²) < 4.78 is 8.67. The number of nitrogens with zero attached hydrogens (tertiary/aromatic N) is 3. The van der Waals surface area contributed by atoms with Crippen molar-refractivity contribution in [3.8, 4) is 28.4 Å². The number of benzene rings is 4. The fourth-order valence-corrected chi connectivity index (χ4v) is 7.64. The lowest BCUT2D eigenvalue weighted by atomic mass is 9.76. The molecule has 3 aromatic heterocycles. The van der Waals surface area contributed by atoms with E-state index in [0.29, 0.717) is 0 Å². The third-order valence-corrected chi connectivity index (χ3v) is 9.27. The number of rotatable bonds is 4. The van der Waals surface area contributed by atoms with Crippen LogP contribution in [0, 0.1) is 0 Å². The number of ether oxygens (including phenoxy) is 1. The third-order valence-electron chi connectivity index (χ3n) is 8.16. The molecule has 0 radical (unpaired) electrons. The Balaban J connectivity index is 1.27. The van der Waals surface area contributed by atoms with E-state index in [9.17, 15) is 0 Å². The van der Waals surface area contributed by atoms with Crippen molar-refractivity contribution in [1.82, 2.24) is 14.5 Å². The molecule has 0 bridgehead atoms. The average molecular weight is 562 g/mol. The number of pyridine rings is 2. The van der Waals surface area contributed by atoms with E-state index in [1.54, 1.807) is 0 Å². The van der Waals surface area contributed by atoms with Gasteiger partial charge in [-0.25, -0.2) is 4.98 Å². The molecule has 42 heavy (non-hydrogen) atoms. The molecule has 0 saturated heterocycles. The Morgan fingerprint density at radius 2 is 1.50 bits per heavy atom. The predicted molar refractivity (Wildman–Crippen MR) is 171 cm³/mol. The minimum atomic E-state index is -0.170. The normalized spacial score (nSPS) is 13.6. The molecule has 202 valence electrons. The number of aromatic nitrogens is 3. The first-order valence-corrected chi connectivity index (χ1v) is 14.9. The summed E-state index contributed by atoms with van der Waals surface area (Å²) in [6, 6.07) is 39.6. The Hall–Kier alpha value is -4.87. The molecule has 7 aromatic rings. The fraction of sp³-hybridized carbons (Fsp3) is 0.0811. The molecule has 8 rings (SSSR count). The van der Waals surface area contributed by atoms with E-state index < -0.39 is 0 Å². The van der Waals surface area contributed by atoms with E-state index in [1.807, 2.05) is 72.6 Å². The summed E-state index contributed by atoms with van der Waals surface area (Å²) in [5.41, 5.74) is 7.55. The third kappa shape index (κ3) is 3.92. The maximum atomic E-state index is 6.40. The predicted octanol–water partition coefficient (Wildman–Crippen LogP) is 9.82. The molecule has 4 aromatic carbocycles. The standard InChI is InChI=1S/C37H27N3OS/c1-37(2)29-16-4-6-19-32(29)42-33-23-39-36-34(35(33)37)28-15-3-5-18-31(28)40(36)25-12-10-14-27(22-25)41-26-13-9-11-24(21-26)30-17-7-8-20-38-30/h3-23H,1-2H3. The van der Waals surface area contributed by atoms with Gasteiger partial charge in [0.25, 0.3) is 0 Å². The zero-order valence-electron chi connectivity index (χ0n) is 23.3. The van der Waals surface area contributed by atoms with Crippen LogP contribution in [-0.2, 0) is 5.41 Å². The molecule has 0 fully saturated rings. The van der Waals surface area contributed by atoms with Gasteiger partial charge >= 0.3 is 0 Å². The lowest BCUT2D eigenvalue weighted by Gasteiger charge is -2.35. The molecule has 5 heteroatoms. The summed E-state index contributed by atoms with van der Waals surface area (Å²) in [6.07, 6.45) is 3.86. The summed E-state index contributed by atoms with van der Waals surface area (Å²) in [6.45, 7) is 4.67. The minimum Gasteiger partial charge on any atom is -0.457 e. The van der Waals surface area contributed by atoms with Crippen LogP contribution >= 0.6 is 11.8 Å². The summed E-state index contributed by atoms with van der Waals surface area (Å²) in [7, 11) is 0. The molecule has 0 aliphatic carbocycles. The first-order valence-electron chi connectivity index (χ1n) is 14.1. The largest absolute Gasteiger partial charge is 0.457 e. The molecule has 0 spiro atoms.